The summed E-state index contributed by atoms with van der Waals surface area (Å²) in [6, 6.07) is 7.13. The summed E-state index contributed by atoms with van der Waals surface area (Å²) in [7, 11) is 1.63. The summed E-state index contributed by atoms with van der Waals surface area (Å²) in [5.74, 6) is -0.319. The Hall–Kier alpha value is -1.72. The van der Waals surface area contributed by atoms with Gasteiger partial charge >= 0.3 is 0 Å². The maximum absolute atomic E-state index is 11.9. The lowest BCUT2D eigenvalue weighted by molar-refractivity contribution is -0.135. The fourth-order valence-corrected chi connectivity index (χ4v) is 1.76. The van der Waals surface area contributed by atoms with Crippen molar-refractivity contribution < 1.29 is 19.1 Å². The van der Waals surface area contributed by atoms with Gasteiger partial charge in [-0.25, -0.2) is 0 Å². The molecule has 0 spiro atoms. The van der Waals surface area contributed by atoms with Crippen molar-refractivity contribution in [2.45, 2.75) is 13.0 Å². The Morgan fingerprint density at radius 2 is 2.00 bits per heavy atom. The highest BCUT2D eigenvalue weighted by atomic mass is 16.5. The Morgan fingerprint density at radius 3 is 2.53 bits per heavy atom. The van der Waals surface area contributed by atoms with Crippen molar-refractivity contribution in [2.24, 2.45) is 0 Å². The lowest BCUT2D eigenvalue weighted by Gasteiger charge is -2.28. The van der Waals surface area contributed by atoms with Gasteiger partial charge in [0.05, 0.1) is 19.8 Å². The number of imide groups is 1. The van der Waals surface area contributed by atoms with Crippen LogP contribution in [0.4, 0.5) is 0 Å². The van der Waals surface area contributed by atoms with Crippen molar-refractivity contribution >= 4 is 11.8 Å². The van der Waals surface area contributed by atoms with Gasteiger partial charge in [0.1, 0.15) is 0 Å². The van der Waals surface area contributed by atoms with Crippen LogP contribution in [0, 0.1) is 0 Å². The zero-order valence-corrected chi connectivity index (χ0v) is 10.9. The van der Waals surface area contributed by atoms with E-state index < -0.39 is 0 Å². The van der Waals surface area contributed by atoms with Gasteiger partial charge in [-0.15, -0.1) is 0 Å². The normalized spacial score (nSPS) is 14.4. The molecule has 1 aromatic carbocycles. The summed E-state index contributed by atoms with van der Waals surface area (Å²) in [5, 5.41) is 0. The van der Waals surface area contributed by atoms with Gasteiger partial charge in [-0.2, -0.15) is 0 Å². The molecule has 1 aromatic rings. The number of hydrogen-bond acceptors (Lipinski definition) is 4. The topological polar surface area (TPSA) is 55.8 Å². The van der Waals surface area contributed by atoms with E-state index in [9.17, 15) is 9.59 Å². The highest BCUT2D eigenvalue weighted by molar-refractivity contribution is 6.07. The highest BCUT2D eigenvalue weighted by Crippen LogP contribution is 2.15. The maximum Gasteiger partial charge on any atom is 0.260 e. The standard InChI is InChI=1S/C14H17NO4/c1-18-8-9-19-10-11-2-4-12(5-3-11)14(17)15-7-6-13(15)16/h2-5H,6-10H2,1H3. The Kier molecular flexibility index (Phi) is 4.65. The zero-order valence-electron chi connectivity index (χ0n) is 10.9. The van der Waals surface area contributed by atoms with Crippen molar-refractivity contribution in [3.05, 3.63) is 35.4 Å². The molecule has 2 amide bonds. The van der Waals surface area contributed by atoms with Crippen LogP contribution in [0.25, 0.3) is 0 Å². The third kappa shape index (κ3) is 3.39. The Bertz CT molecular complexity index is 455. The molecule has 1 saturated heterocycles. The monoisotopic (exact) mass is 263 g/mol. The molecule has 1 aliphatic heterocycles. The number of ether oxygens (including phenoxy) is 2. The first-order valence-corrected chi connectivity index (χ1v) is 6.22. The summed E-state index contributed by atoms with van der Waals surface area (Å²) in [6.45, 7) is 2.12. The number of methoxy groups -OCH3 is 1. The van der Waals surface area contributed by atoms with Crippen molar-refractivity contribution in [1.29, 1.82) is 0 Å². The fraction of sp³-hybridized carbons (Fsp3) is 0.429. The molecule has 19 heavy (non-hydrogen) atoms. The molecule has 0 radical (unpaired) electrons. The Balaban J connectivity index is 1.87. The highest BCUT2D eigenvalue weighted by Gasteiger charge is 2.30. The molecular weight excluding hydrogens is 246 g/mol. The number of rotatable bonds is 6. The van der Waals surface area contributed by atoms with E-state index in [-0.39, 0.29) is 11.8 Å². The fourth-order valence-electron chi connectivity index (χ4n) is 1.76. The number of carbonyl (C=O) groups excluding carboxylic acids is 2. The minimum atomic E-state index is -0.219. The molecule has 0 aliphatic carbocycles. The molecule has 1 heterocycles. The lowest BCUT2D eigenvalue weighted by atomic mass is 10.1. The van der Waals surface area contributed by atoms with Crippen LogP contribution in [0.3, 0.4) is 0 Å². The predicted octanol–water partition coefficient (Wildman–Crippen LogP) is 1.22. The van der Waals surface area contributed by atoms with Gasteiger partial charge in [0, 0.05) is 25.6 Å². The SMILES string of the molecule is COCCOCc1ccc(C(=O)N2CCC2=O)cc1. The number of benzene rings is 1. The Morgan fingerprint density at radius 1 is 1.26 bits per heavy atom. The molecule has 2 rings (SSSR count). The molecule has 0 bridgehead atoms. The lowest BCUT2D eigenvalue weighted by Crippen LogP contribution is -2.47. The maximum atomic E-state index is 11.9. The van der Waals surface area contributed by atoms with Gasteiger partial charge in [-0.1, -0.05) is 12.1 Å². The van der Waals surface area contributed by atoms with Gasteiger partial charge in [0.15, 0.2) is 0 Å². The summed E-state index contributed by atoms with van der Waals surface area (Å²) >= 11 is 0. The van der Waals surface area contributed by atoms with E-state index >= 15 is 0 Å². The van der Waals surface area contributed by atoms with E-state index in [0.29, 0.717) is 38.3 Å². The van der Waals surface area contributed by atoms with Crippen LogP contribution in [-0.4, -0.2) is 43.6 Å². The third-order valence-corrected chi connectivity index (χ3v) is 3.00. The number of nitrogens with zero attached hydrogens (tertiary/aromatic N) is 1. The second kappa shape index (κ2) is 6.45. The summed E-state index contributed by atoms with van der Waals surface area (Å²) < 4.78 is 10.3. The molecule has 102 valence electrons. The van der Waals surface area contributed by atoms with Crippen LogP contribution in [0.2, 0.25) is 0 Å². The van der Waals surface area contributed by atoms with Gasteiger partial charge in [-0.05, 0) is 17.7 Å². The number of amides is 2. The zero-order chi connectivity index (χ0) is 13.7. The van der Waals surface area contributed by atoms with E-state index in [1.807, 2.05) is 12.1 Å². The van der Waals surface area contributed by atoms with E-state index in [2.05, 4.69) is 0 Å². The van der Waals surface area contributed by atoms with Crippen LogP contribution >= 0.6 is 0 Å². The number of β-lactam (4-membered cyclic amide) rings is 1. The number of likely N-dealkylation sites (tertiary alicyclic amines) is 1. The van der Waals surface area contributed by atoms with Crippen LogP contribution in [0.5, 0.6) is 0 Å². The quantitative estimate of drug-likeness (QED) is 0.440. The molecule has 1 aliphatic rings. The molecule has 0 N–H and O–H groups in total. The van der Waals surface area contributed by atoms with Gasteiger partial charge in [-0.3, -0.25) is 14.5 Å². The Labute approximate surface area is 112 Å². The number of hydrogen-bond donors (Lipinski definition) is 0. The van der Waals surface area contributed by atoms with E-state index in [1.165, 1.54) is 4.90 Å². The second-order valence-corrected chi connectivity index (χ2v) is 4.34. The minimum absolute atomic E-state index is 0.100. The molecule has 0 aromatic heterocycles. The largest absolute Gasteiger partial charge is 0.382 e. The van der Waals surface area contributed by atoms with Crippen LogP contribution in [0.15, 0.2) is 24.3 Å². The molecule has 0 atom stereocenters. The minimum Gasteiger partial charge on any atom is -0.382 e. The van der Waals surface area contributed by atoms with Crippen LogP contribution in [0.1, 0.15) is 22.3 Å². The first kappa shape index (κ1) is 13.7. The van der Waals surface area contributed by atoms with E-state index in [0.717, 1.165) is 5.56 Å². The van der Waals surface area contributed by atoms with E-state index in [1.54, 1.807) is 19.2 Å². The molecule has 1 fully saturated rings. The molecule has 0 saturated carbocycles. The average Bonchev–Trinajstić information content (AvgIpc) is 2.42. The molecule has 5 heteroatoms. The first-order chi connectivity index (χ1) is 9.22. The van der Waals surface area contributed by atoms with E-state index in [4.69, 9.17) is 9.47 Å². The molecule has 5 nitrogen and oxygen atoms in total. The smallest absolute Gasteiger partial charge is 0.260 e. The van der Waals surface area contributed by atoms with Crippen molar-refractivity contribution in [2.75, 3.05) is 26.9 Å². The molecular formula is C14H17NO4. The van der Waals surface area contributed by atoms with Crippen molar-refractivity contribution in [3.63, 3.8) is 0 Å². The van der Waals surface area contributed by atoms with Gasteiger partial charge in [0.2, 0.25) is 5.91 Å². The summed E-state index contributed by atoms with van der Waals surface area (Å²) in [6.07, 6.45) is 0.469. The second-order valence-electron chi connectivity index (χ2n) is 4.34. The summed E-state index contributed by atoms with van der Waals surface area (Å²) in [5.41, 5.74) is 1.52. The van der Waals surface area contributed by atoms with Crippen molar-refractivity contribution in [3.8, 4) is 0 Å². The van der Waals surface area contributed by atoms with Crippen LogP contribution < -0.4 is 0 Å². The van der Waals surface area contributed by atoms with Gasteiger partial charge < -0.3 is 9.47 Å². The number of carbonyl (C=O) groups is 2. The first-order valence-electron chi connectivity index (χ1n) is 6.22. The average molecular weight is 263 g/mol. The van der Waals surface area contributed by atoms with Crippen molar-refractivity contribution in [1.82, 2.24) is 4.90 Å². The van der Waals surface area contributed by atoms with Crippen LogP contribution in [-0.2, 0) is 20.9 Å². The molecule has 0 unspecified atom stereocenters. The predicted molar refractivity (Wildman–Crippen MR) is 68.6 cm³/mol. The van der Waals surface area contributed by atoms with Gasteiger partial charge in [0.25, 0.3) is 5.91 Å². The summed E-state index contributed by atoms with van der Waals surface area (Å²) in [4.78, 5) is 24.4. The third-order valence-electron chi connectivity index (χ3n) is 3.00.